The first-order valence-corrected chi connectivity index (χ1v) is 7.15. The third-order valence-electron chi connectivity index (χ3n) is 4.40. The Labute approximate surface area is 117 Å². The molecule has 1 spiro atoms. The van der Waals surface area contributed by atoms with Crippen molar-refractivity contribution in [3.8, 4) is 0 Å². The van der Waals surface area contributed by atoms with Crippen molar-refractivity contribution in [3.63, 3.8) is 0 Å². The van der Waals surface area contributed by atoms with Crippen LogP contribution in [0.3, 0.4) is 0 Å². The van der Waals surface area contributed by atoms with Gasteiger partial charge in [0, 0.05) is 16.3 Å². The molecular weight excluding hydrogens is 288 g/mol. The van der Waals surface area contributed by atoms with Crippen molar-refractivity contribution >= 4 is 21.5 Å². The lowest BCUT2D eigenvalue weighted by Gasteiger charge is -2.33. The fourth-order valence-corrected chi connectivity index (χ4v) is 3.60. The Morgan fingerprint density at radius 2 is 2.22 bits per heavy atom. The molecule has 3 rings (SSSR count). The molecule has 0 radical (unpaired) electrons. The molecule has 0 saturated carbocycles. The molecule has 1 nitrogen and oxygen atoms in total. The minimum Gasteiger partial charge on any atom is -0.501 e. The minimum atomic E-state index is 0.241. The molecule has 2 aliphatic carbocycles. The molecule has 1 atom stereocenters. The highest BCUT2D eigenvalue weighted by atomic mass is 79.9. The summed E-state index contributed by atoms with van der Waals surface area (Å²) in [6, 6.07) is 6.57. The molecule has 0 fully saturated rings. The van der Waals surface area contributed by atoms with Crippen LogP contribution in [0.15, 0.2) is 41.1 Å². The third-order valence-corrected chi connectivity index (χ3v) is 4.89. The number of benzene rings is 1. The average Bonchev–Trinajstić information content (AvgIpc) is 2.65. The highest BCUT2D eigenvalue weighted by molar-refractivity contribution is 9.10. The van der Waals surface area contributed by atoms with Crippen LogP contribution in [0.2, 0.25) is 0 Å². The molecule has 1 aromatic rings. The monoisotopic (exact) mass is 304 g/mol. The topological polar surface area (TPSA) is 9.23 Å². The van der Waals surface area contributed by atoms with E-state index in [4.69, 9.17) is 4.74 Å². The number of methoxy groups -OCH3 is 1. The number of hydrogen-bond donors (Lipinski definition) is 0. The van der Waals surface area contributed by atoms with E-state index in [-0.39, 0.29) is 5.41 Å². The summed E-state index contributed by atoms with van der Waals surface area (Å²) in [4.78, 5) is 0. The number of ether oxygens (including phenoxy) is 1. The summed E-state index contributed by atoms with van der Waals surface area (Å²) in [7, 11) is 1.76. The van der Waals surface area contributed by atoms with Crippen LogP contribution in [0, 0.1) is 5.41 Å². The Morgan fingerprint density at radius 1 is 1.39 bits per heavy atom. The maximum Gasteiger partial charge on any atom is 0.0916 e. The molecule has 0 bridgehead atoms. The molecule has 2 heteroatoms. The van der Waals surface area contributed by atoms with E-state index in [0.717, 1.165) is 35.9 Å². The highest BCUT2D eigenvalue weighted by Crippen LogP contribution is 2.53. The van der Waals surface area contributed by atoms with Crippen LogP contribution in [0.4, 0.5) is 0 Å². The van der Waals surface area contributed by atoms with Gasteiger partial charge < -0.3 is 4.74 Å². The van der Waals surface area contributed by atoms with Crippen LogP contribution in [-0.4, -0.2) is 7.11 Å². The quantitative estimate of drug-likeness (QED) is 0.729. The van der Waals surface area contributed by atoms with Gasteiger partial charge in [-0.15, -0.1) is 0 Å². The number of allylic oxidation sites excluding steroid dienone is 3. The second-order valence-corrected chi connectivity index (χ2v) is 6.23. The molecule has 1 unspecified atom stereocenters. The zero-order chi connectivity index (χ0) is 12.8. The van der Waals surface area contributed by atoms with Crippen LogP contribution in [0.25, 0.3) is 5.57 Å². The fraction of sp³-hybridized carbons (Fsp3) is 0.375. The van der Waals surface area contributed by atoms with Crippen molar-refractivity contribution in [2.45, 2.75) is 25.7 Å². The van der Waals surface area contributed by atoms with Crippen LogP contribution >= 0.6 is 15.9 Å². The summed E-state index contributed by atoms with van der Waals surface area (Å²) in [6.07, 6.45) is 6.61. The predicted octanol–water partition coefficient (Wildman–Crippen LogP) is 4.72. The molecule has 94 valence electrons. The van der Waals surface area contributed by atoms with Crippen LogP contribution in [0.1, 0.15) is 30.4 Å². The van der Waals surface area contributed by atoms with Crippen molar-refractivity contribution < 1.29 is 4.74 Å². The van der Waals surface area contributed by atoms with E-state index in [2.05, 4.69) is 46.8 Å². The Hall–Kier alpha value is -1.02. The SMILES string of the molecule is C=C1c2cc(Br)ccc2CC12CC=C(OC)CC2. The lowest BCUT2D eigenvalue weighted by atomic mass is 9.72. The lowest BCUT2D eigenvalue weighted by molar-refractivity contribution is 0.236. The van der Waals surface area contributed by atoms with Gasteiger partial charge in [0.15, 0.2) is 0 Å². The standard InChI is InChI=1S/C16H17BrO/c1-11-15-9-13(17)4-3-12(15)10-16(11)7-5-14(18-2)6-8-16/h3-5,9H,1,6-8,10H2,2H3. The van der Waals surface area contributed by atoms with E-state index >= 15 is 0 Å². The Kier molecular flexibility index (Phi) is 2.86. The number of hydrogen-bond acceptors (Lipinski definition) is 1. The summed E-state index contributed by atoms with van der Waals surface area (Å²) in [6.45, 7) is 4.37. The van der Waals surface area contributed by atoms with Crippen LogP contribution < -0.4 is 0 Å². The van der Waals surface area contributed by atoms with Gasteiger partial charge in [0.1, 0.15) is 0 Å². The van der Waals surface area contributed by atoms with E-state index < -0.39 is 0 Å². The number of rotatable bonds is 1. The Bertz CT molecular complexity index is 544. The molecule has 0 N–H and O–H groups in total. The predicted molar refractivity (Wildman–Crippen MR) is 78.3 cm³/mol. The zero-order valence-electron chi connectivity index (χ0n) is 10.6. The second-order valence-electron chi connectivity index (χ2n) is 5.32. The van der Waals surface area contributed by atoms with Crippen LogP contribution in [0.5, 0.6) is 0 Å². The van der Waals surface area contributed by atoms with Gasteiger partial charge in [-0.25, -0.2) is 0 Å². The van der Waals surface area contributed by atoms with Crippen LogP contribution in [-0.2, 0) is 11.2 Å². The molecule has 0 aliphatic heterocycles. The zero-order valence-corrected chi connectivity index (χ0v) is 12.2. The largest absolute Gasteiger partial charge is 0.501 e. The first-order valence-electron chi connectivity index (χ1n) is 6.36. The van der Waals surface area contributed by atoms with E-state index in [1.165, 1.54) is 16.7 Å². The van der Waals surface area contributed by atoms with Gasteiger partial charge in [0.05, 0.1) is 12.9 Å². The molecule has 0 aromatic heterocycles. The van der Waals surface area contributed by atoms with Gasteiger partial charge in [0.2, 0.25) is 0 Å². The molecule has 0 heterocycles. The number of fused-ring (bicyclic) bond motifs is 1. The maximum absolute atomic E-state index is 5.35. The van der Waals surface area contributed by atoms with Gasteiger partial charge in [-0.2, -0.15) is 0 Å². The van der Waals surface area contributed by atoms with Gasteiger partial charge in [0.25, 0.3) is 0 Å². The Balaban J connectivity index is 1.95. The van der Waals surface area contributed by atoms with Crippen molar-refractivity contribution in [2.24, 2.45) is 5.41 Å². The maximum atomic E-state index is 5.35. The summed E-state index contributed by atoms with van der Waals surface area (Å²) < 4.78 is 6.49. The van der Waals surface area contributed by atoms with E-state index in [0.29, 0.717) is 0 Å². The molecule has 18 heavy (non-hydrogen) atoms. The summed E-state index contributed by atoms with van der Waals surface area (Å²) in [5.41, 5.74) is 4.34. The lowest BCUT2D eigenvalue weighted by Crippen LogP contribution is -2.22. The third kappa shape index (κ3) is 1.74. The average molecular weight is 305 g/mol. The van der Waals surface area contributed by atoms with Crippen molar-refractivity contribution in [3.05, 3.63) is 52.2 Å². The highest BCUT2D eigenvalue weighted by Gasteiger charge is 2.41. The minimum absolute atomic E-state index is 0.241. The van der Waals surface area contributed by atoms with Gasteiger partial charge in [-0.1, -0.05) is 28.6 Å². The normalized spacial score (nSPS) is 26.1. The van der Waals surface area contributed by atoms with Gasteiger partial charge in [-0.3, -0.25) is 0 Å². The van der Waals surface area contributed by atoms with Crippen molar-refractivity contribution in [2.75, 3.05) is 7.11 Å². The van der Waals surface area contributed by atoms with Crippen molar-refractivity contribution in [1.82, 2.24) is 0 Å². The Morgan fingerprint density at radius 3 is 2.89 bits per heavy atom. The molecule has 0 amide bonds. The summed E-state index contributed by atoms with van der Waals surface area (Å²) >= 11 is 3.55. The first kappa shape index (κ1) is 12.0. The summed E-state index contributed by atoms with van der Waals surface area (Å²) in [5.74, 6) is 1.13. The van der Waals surface area contributed by atoms with Gasteiger partial charge >= 0.3 is 0 Å². The van der Waals surface area contributed by atoms with Gasteiger partial charge in [-0.05, 0) is 54.2 Å². The van der Waals surface area contributed by atoms with E-state index in [9.17, 15) is 0 Å². The second kappa shape index (κ2) is 4.27. The molecule has 1 aromatic carbocycles. The number of halogens is 1. The molecule has 2 aliphatic rings. The summed E-state index contributed by atoms with van der Waals surface area (Å²) in [5, 5.41) is 0. The fourth-order valence-electron chi connectivity index (χ4n) is 3.24. The van der Waals surface area contributed by atoms with E-state index in [1.807, 2.05) is 0 Å². The molecular formula is C16H17BrO. The van der Waals surface area contributed by atoms with E-state index in [1.54, 1.807) is 7.11 Å². The molecule has 0 saturated heterocycles. The van der Waals surface area contributed by atoms with Crippen molar-refractivity contribution in [1.29, 1.82) is 0 Å². The smallest absolute Gasteiger partial charge is 0.0916 e. The first-order chi connectivity index (χ1) is 8.64.